The Morgan fingerprint density at radius 2 is 1.88 bits per heavy atom. The highest BCUT2D eigenvalue weighted by Gasteiger charge is 2.08. The first kappa shape index (κ1) is 23.8. The van der Waals surface area contributed by atoms with Crippen molar-refractivity contribution in [3.8, 4) is 11.5 Å². The molecule has 0 aliphatic rings. The van der Waals surface area contributed by atoms with Gasteiger partial charge in [-0.25, -0.2) is 0 Å². The highest BCUT2D eigenvalue weighted by molar-refractivity contribution is 14.0. The molecule has 2 N–H and O–H groups in total. The normalized spacial score (nSPS) is 12.4. The Balaban J connectivity index is 0.00000576. The molecule has 1 unspecified atom stereocenters. The first-order valence-electron chi connectivity index (χ1n) is 8.53. The van der Waals surface area contributed by atoms with Crippen LogP contribution in [0, 0.1) is 0 Å². The van der Waals surface area contributed by atoms with Crippen molar-refractivity contribution in [1.29, 1.82) is 0 Å². The third kappa shape index (κ3) is 8.13. The number of aliphatic imine (C=N–C) groups is 1. The number of rotatable bonds is 9. The van der Waals surface area contributed by atoms with E-state index in [0.717, 1.165) is 37.7 Å². The summed E-state index contributed by atoms with van der Waals surface area (Å²) in [4.78, 5) is 6.97. The van der Waals surface area contributed by atoms with Gasteiger partial charge >= 0.3 is 0 Å². The van der Waals surface area contributed by atoms with Gasteiger partial charge in [0.1, 0.15) is 0 Å². The van der Waals surface area contributed by atoms with Gasteiger partial charge in [0.2, 0.25) is 0 Å². The minimum Gasteiger partial charge on any atom is -0.493 e. The van der Waals surface area contributed by atoms with Crippen molar-refractivity contribution in [2.45, 2.75) is 33.2 Å². The van der Waals surface area contributed by atoms with Crippen molar-refractivity contribution < 1.29 is 9.47 Å². The van der Waals surface area contributed by atoms with Gasteiger partial charge in [0.25, 0.3) is 0 Å². The average molecular weight is 464 g/mol. The molecular weight excluding hydrogens is 431 g/mol. The molecule has 25 heavy (non-hydrogen) atoms. The second kappa shape index (κ2) is 13.0. The molecule has 0 radical (unpaired) electrons. The molecule has 0 fully saturated rings. The van der Waals surface area contributed by atoms with Crippen molar-refractivity contribution >= 4 is 35.6 Å². The van der Waals surface area contributed by atoms with E-state index in [1.54, 1.807) is 14.2 Å². The molecule has 1 aromatic rings. The maximum atomic E-state index is 5.34. The number of hydrogen-bond acceptors (Lipinski definition) is 4. The van der Waals surface area contributed by atoms with Crippen LogP contribution >= 0.6 is 24.0 Å². The highest BCUT2D eigenvalue weighted by Crippen LogP contribution is 2.29. The summed E-state index contributed by atoms with van der Waals surface area (Å²) < 4.78 is 10.6. The number of benzene rings is 1. The van der Waals surface area contributed by atoms with Gasteiger partial charge in [-0.1, -0.05) is 6.92 Å². The van der Waals surface area contributed by atoms with E-state index in [4.69, 9.17) is 9.47 Å². The van der Waals surface area contributed by atoms with Crippen LogP contribution in [-0.4, -0.2) is 57.8 Å². The summed E-state index contributed by atoms with van der Waals surface area (Å²) in [5.41, 5.74) is 0.905. The van der Waals surface area contributed by atoms with Crippen LogP contribution in [0.15, 0.2) is 23.2 Å². The molecule has 1 rings (SSSR count). The van der Waals surface area contributed by atoms with Crippen LogP contribution in [0.2, 0.25) is 0 Å². The van der Waals surface area contributed by atoms with Gasteiger partial charge in [-0.15, -0.1) is 24.0 Å². The summed E-state index contributed by atoms with van der Waals surface area (Å²) in [5.74, 6) is 2.16. The molecule has 0 spiro atoms. The largest absolute Gasteiger partial charge is 0.493 e. The van der Waals surface area contributed by atoms with Crippen molar-refractivity contribution in [3.63, 3.8) is 0 Å². The second-order valence-corrected chi connectivity index (χ2v) is 5.69. The molecule has 0 aromatic heterocycles. The topological polar surface area (TPSA) is 58.1 Å². The lowest BCUT2D eigenvalue weighted by Crippen LogP contribution is -2.33. The number of ether oxygens (including phenoxy) is 2. The van der Waals surface area contributed by atoms with Crippen molar-refractivity contribution in [3.05, 3.63) is 18.2 Å². The van der Waals surface area contributed by atoms with Crippen LogP contribution in [-0.2, 0) is 0 Å². The van der Waals surface area contributed by atoms with Gasteiger partial charge in [0.15, 0.2) is 17.5 Å². The van der Waals surface area contributed by atoms with Crippen LogP contribution in [0.3, 0.4) is 0 Å². The Bertz CT molecular complexity index is 526. The van der Waals surface area contributed by atoms with E-state index in [1.165, 1.54) is 0 Å². The fraction of sp³-hybridized carbons (Fsp3) is 0.611. The van der Waals surface area contributed by atoms with E-state index in [0.29, 0.717) is 17.5 Å². The van der Waals surface area contributed by atoms with E-state index >= 15 is 0 Å². The number of guanidine groups is 1. The number of halogens is 1. The highest BCUT2D eigenvalue weighted by atomic mass is 127. The monoisotopic (exact) mass is 464 g/mol. The first-order valence-corrected chi connectivity index (χ1v) is 8.53. The predicted molar refractivity (Wildman–Crippen MR) is 117 cm³/mol. The van der Waals surface area contributed by atoms with Crippen LogP contribution < -0.4 is 20.1 Å². The SMILES string of the molecule is CCNC(=NCCN(C)C(C)CC)Nc1ccc(OC)c(OC)c1.I. The lowest BCUT2D eigenvalue weighted by molar-refractivity contribution is 0.259. The van der Waals surface area contributed by atoms with Crippen molar-refractivity contribution in [2.75, 3.05) is 46.2 Å². The van der Waals surface area contributed by atoms with Gasteiger partial charge in [0, 0.05) is 30.9 Å². The summed E-state index contributed by atoms with van der Waals surface area (Å²) in [6.45, 7) is 8.96. The maximum absolute atomic E-state index is 5.34. The molecule has 1 aromatic carbocycles. The van der Waals surface area contributed by atoms with Crippen molar-refractivity contribution in [2.24, 2.45) is 4.99 Å². The number of likely N-dealkylation sites (N-methyl/N-ethyl adjacent to an activating group) is 1. The van der Waals surface area contributed by atoms with E-state index < -0.39 is 0 Å². The van der Waals surface area contributed by atoms with Gasteiger partial charge in [-0.2, -0.15) is 0 Å². The zero-order chi connectivity index (χ0) is 17.9. The second-order valence-electron chi connectivity index (χ2n) is 5.69. The van der Waals surface area contributed by atoms with Crippen LogP contribution in [0.1, 0.15) is 27.2 Å². The summed E-state index contributed by atoms with van der Waals surface area (Å²) in [6.07, 6.45) is 1.14. The Morgan fingerprint density at radius 3 is 2.44 bits per heavy atom. The molecule has 0 aliphatic carbocycles. The predicted octanol–water partition coefficient (Wildman–Crippen LogP) is 3.43. The molecule has 1 atom stereocenters. The van der Waals surface area contributed by atoms with Gasteiger partial charge < -0.3 is 25.0 Å². The van der Waals surface area contributed by atoms with Crippen LogP contribution in [0.4, 0.5) is 5.69 Å². The summed E-state index contributed by atoms with van der Waals surface area (Å²) in [5, 5.41) is 6.57. The zero-order valence-corrected chi connectivity index (χ0v) is 18.6. The van der Waals surface area contributed by atoms with E-state index in [1.807, 2.05) is 18.2 Å². The molecule has 0 bridgehead atoms. The van der Waals surface area contributed by atoms with Crippen LogP contribution in [0.5, 0.6) is 11.5 Å². The summed E-state index contributed by atoms with van der Waals surface area (Å²) in [6, 6.07) is 6.29. The minimum atomic E-state index is 0. The number of nitrogens with one attached hydrogen (secondary N) is 2. The van der Waals surface area contributed by atoms with Gasteiger partial charge in [0.05, 0.1) is 20.8 Å². The minimum absolute atomic E-state index is 0. The fourth-order valence-electron chi connectivity index (χ4n) is 2.21. The molecule has 6 nitrogen and oxygen atoms in total. The Kier molecular flexibility index (Phi) is 12.4. The first-order chi connectivity index (χ1) is 11.5. The third-order valence-corrected chi connectivity index (χ3v) is 4.06. The van der Waals surface area contributed by atoms with Gasteiger partial charge in [-0.3, -0.25) is 4.99 Å². The van der Waals surface area contributed by atoms with Gasteiger partial charge in [-0.05, 0) is 39.4 Å². The summed E-state index contributed by atoms with van der Waals surface area (Å²) >= 11 is 0. The van der Waals surface area contributed by atoms with Crippen molar-refractivity contribution in [1.82, 2.24) is 10.2 Å². The maximum Gasteiger partial charge on any atom is 0.195 e. The lowest BCUT2D eigenvalue weighted by Gasteiger charge is -2.22. The standard InChI is InChI=1S/C18H32N4O2.HI/c1-7-14(3)22(4)12-11-20-18(19-8-2)21-15-9-10-16(23-5)17(13-15)24-6;/h9-10,13-14H,7-8,11-12H2,1-6H3,(H2,19,20,21);1H. The quantitative estimate of drug-likeness (QED) is 0.333. The number of nitrogens with zero attached hydrogens (tertiary/aromatic N) is 2. The molecule has 0 heterocycles. The third-order valence-electron chi connectivity index (χ3n) is 4.06. The smallest absolute Gasteiger partial charge is 0.195 e. The average Bonchev–Trinajstić information content (AvgIpc) is 2.60. The zero-order valence-electron chi connectivity index (χ0n) is 16.3. The number of anilines is 1. The van der Waals surface area contributed by atoms with E-state index in [9.17, 15) is 0 Å². The lowest BCUT2D eigenvalue weighted by atomic mass is 10.2. The molecule has 0 saturated heterocycles. The van der Waals surface area contributed by atoms with E-state index in [-0.39, 0.29) is 24.0 Å². The Hall–Kier alpha value is -1.22. The molecule has 0 amide bonds. The molecule has 0 saturated carbocycles. The Labute approximate surface area is 169 Å². The Morgan fingerprint density at radius 1 is 1.20 bits per heavy atom. The fourth-order valence-corrected chi connectivity index (χ4v) is 2.21. The van der Waals surface area contributed by atoms with Crippen LogP contribution in [0.25, 0.3) is 0 Å². The number of hydrogen-bond donors (Lipinski definition) is 2. The number of methoxy groups -OCH3 is 2. The molecule has 144 valence electrons. The van der Waals surface area contributed by atoms with E-state index in [2.05, 4.69) is 48.3 Å². The molecular formula is C18H33IN4O2. The molecule has 0 aliphatic heterocycles. The summed E-state index contributed by atoms with van der Waals surface area (Å²) in [7, 11) is 5.40. The molecule has 7 heteroatoms.